The Balaban J connectivity index is 2.62. The molecule has 0 amide bonds. The molecular weight excluding hydrogens is 266 g/mol. The minimum absolute atomic E-state index is 0.0829. The van der Waals surface area contributed by atoms with Crippen LogP contribution in [0.5, 0.6) is 0 Å². The van der Waals surface area contributed by atoms with Crippen LogP contribution in [-0.2, 0) is 17.8 Å². The lowest BCUT2D eigenvalue weighted by Crippen LogP contribution is -2.08. The van der Waals surface area contributed by atoms with Crippen molar-refractivity contribution in [1.29, 1.82) is 0 Å². The zero-order valence-corrected chi connectivity index (χ0v) is 11.5. The number of aromatic nitrogens is 1. The number of para-hydroxylation sites is 1. The Morgan fingerprint density at radius 3 is 2.89 bits per heavy atom. The third-order valence-electron chi connectivity index (χ3n) is 3.02. The van der Waals surface area contributed by atoms with E-state index in [0.29, 0.717) is 24.6 Å². The highest BCUT2D eigenvalue weighted by Gasteiger charge is 2.19. The van der Waals surface area contributed by atoms with Crippen LogP contribution in [0.1, 0.15) is 28.5 Å². The third-order valence-corrected chi connectivity index (χ3v) is 3.21. The molecule has 5 heteroatoms. The Hall–Kier alpha value is -1.52. The van der Waals surface area contributed by atoms with Crippen molar-refractivity contribution < 1.29 is 14.6 Å². The molecule has 0 bridgehead atoms. The van der Waals surface area contributed by atoms with E-state index in [0.717, 1.165) is 22.0 Å². The number of hydrogen-bond donors (Lipinski definition) is 2. The summed E-state index contributed by atoms with van der Waals surface area (Å²) in [6, 6.07) is 5.59. The predicted molar refractivity (Wildman–Crippen MR) is 74.6 cm³/mol. The number of benzene rings is 1. The molecule has 1 aromatic heterocycles. The van der Waals surface area contributed by atoms with Gasteiger partial charge in [-0.25, -0.2) is 4.79 Å². The molecular formula is C14H16ClNO3. The van der Waals surface area contributed by atoms with Gasteiger partial charge in [0.05, 0.1) is 18.7 Å². The molecule has 0 spiro atoms. The molecule has 0 atom stereocenters. The van der Waals surface area contributed by atoms with Gasteiger partial charge in [0.1, 0.15) is 5.69 Å². The summed E-state index contributed by atoms with van der Waals surface area (Å²) >= 11 is 5.81. The Labute approximate surface area is 116 Å². The van der Waals surface area contributed by atoms with Gasteiger partial charge in [-0.1, -0.05) is 18.2 Å². The molecule has 0 radical (unpaired) electrons. The van der Waals surface area contributed by atoms with Gasteiger partial charge in [-0.3, -0.25) is 0 Å². The maximum atomic E-state index is 12.0. The number of fused-ring (bicyclic) bond motifs is 1. The number of nitrogens with one attached hydrogen (secondary N) is 1. The lowest BCUT2D eigenvalue weighted by molar-refractivity contribution is 0.0519. The van der Waals surface area contributed by atoms with Crippen LogP contribution in [0, 0.1) is 0 Å². The molecule has 102 valence electrons. The fourth-order valence-electron chi connectivity index (χ4n) is 2.20. The van der Waals surface area contributed by atoms with E-state index in [2.05, 4.69) is 4.98 Å². The van der Waals surface area contributed by atoms with Crippen LogP contribution >= 0.6 is 11.6 Å². The van der Waals surface area contributed by atoms with Crippen molar-refractivity contribution in [3.8, 4) is 0 Å². The van der Waals surface area contributed by atoms with Gasteiger partial charge in [-0.05, 0) is 18.9 Å². The Bertz CT molecular complexity index is 592. The Kier molecular flexibility index (Phi) is 4.45. The monoisotopic (exact) mass is 281 g/mol. The van der Waals surface area contributed by atoms with E-state index in [-0.39, 0.29) is 12.6 Å². The lowest BCUT2D eigenvalue weighted by atomic mass is 10.1. The van der Waals surface area contributed by atoms with Crippen LogP contribution in [0.25, 0.3) is 10.9 Å². The molecule has 0 saturated heterocycles. The first kappa shape index (κ1) is 13.9. The molecule has 0 unspecified atom stereocenters. The van der Waals surface area contributed by atoms with Gasteiger partial charge < -0.3 is 14.8 Å². The van der Waals surface area contributed by atoms with E-state index in [4.69, 9.17) is 16.3 Å². The van der Waals surface area contributed by atoms with Crippen molar-refractivity contribution in [2.24, 2.45) is 0 Å². The zero-order chi connectivity index (χ0) is 13.8. The second-order valence-corrected chi connectivity index (χ2v) is 4.51. The average molecular weight is 282 g/mol. The van der Waals surface area contributed by atoms with Crippen molar-refractivity contribution in [2.75, 3.05) is 12.5 Å². The summed E-state index contributed by atoms with van der Waals surface area (Å²) < 4.78 is 5.04. The normalized spacial score (nSPS) is 10.9. The number of esters is 1. The molecule has 2 aromatic rings. The van der Waals surface area contributed by atoms with Gasteiger partial charge in [0, 0.05) is 16.8 Å². The first-order chi connectivity index (χ1) is 9.22. The molecule has 0 aliphatic carbocycles. The number of ether oxygens (including phenoxy) is 1. The van der Waals surface area contributed by atoms with Gasteiger partial charge in [-0.15, -0.1) is 11.6 Å². The molecule has 0 fully saturated rings. The zero-order valence-electron chi connectivity index (χ0n) is 10.7. The largest absolute Gasteiger partial charge is 0.461 e. The van der Waals surface area contributed by atoms with Crippen LogP contribution in [-0.4, -0.2) is 28.5 Å². The van der Waals surface area contributed by atoms with Crippen molar-refractivity contribution in [3.63, 3.8) is 0 Å². The predicted octanol–water partition coefficient (Wildman–Crippen LogP) is 2.62. The highest BCUT2D eigenvalue weighted by atomic mass is 35.5. The van der Waals surface area contributed by atoms with Crippen LogP contribution in [0.4, 0.5) is 0 Å². The standard InChI is InChI=1S/C14H16ClNO3/c1-2-19-14(18)13-11(6-7-15)10-5-3-4-9(8-17)12(10)16-13/h3-5,16-17H,2,6-8H2,1H3. The van der Waals surface area contributed by atoms with Crippen LogP contribution in [0.3, 0.4) is 0 Å². The maximum Gasteiger partial charge on any atom is 0.355 e. The molecule has 2 N–H and O–H groups in total. The van der Waals surface area contributed by atoms with E-state index in [1.54, 1.807) is 6.92 Å². The maximum absolute atomic E-state index is 12.0. The van der Waals surface area contributed by atoms with Gasteiger partial charge in [0.2, 0.25) is 0 Å². The fraction of sp³-hybridized carbons (Fsp3) is 0.357. The molecule has 1 heterocycles. The van der Waals surface area contributed by atoms with E-state index in [1.807, 2.05) is 18.2 Å². The SMILES string of the molecule is CCOC(=O)c1[nH]c2c(CO)cccc2c1CCCl. The van der Waals surface area contributed by atoms with E-state index < -0.39 is 0 Å². The minimum atomic E-state index is -0.386. The first-order valence-electron chi connectivity index (χ1n) is 6.19. The summed E-state index contributed by atoms with van der Waals surface area (Å²) in [6.07, 6.45) is 0.574. The van der Waals surface area contributed by atoms with Crippen molar-refractivity contribution in [2.45, 2.75) is 20.0 Å². The molecule has 2 rings (SSSR count). The third kappa shape index (κ3) is 2.60. The smallest absolute Gasteiger partial charge is 0.355 e. The number of halogens is 1. The quantitative estimate of drug-likeness (QED) is 0.654. The van der Waals surface area contributed by atoms with Crippen LogP contribution < -0.4 is 0 Å². The van der Waals surface area contributed by atoms with E-state index >= 15 is 0 Å². The highest BCUT2D eigenvalue weighted by Crippen LogP contribution is 2.26. The number of H-pyrrole nitrogens is 1. The molecule has 19 heavy (non-hydrogen) atoms. The second-order valence-electron chi connectivity index (χ2n) is 4.14. The summed E-state index contributed by atoms with van der Waals surface area (Å²) in [5.41, 5.74) is 2.80. The fourth-order valence-corrected chi connectivity index (χ4v) is 2.39. The number of carbonyl (C=O) groups is 1. The number of alkyl halides is 1. The number of hydrogen-bond acceptors (Lipinski definition) is 3. The molecule has 4 nitrogen and oxygen atoms in total. The molecule has 0 saturated carbocycles. The average Bonchev–Trinajstić information content (AvgIpc) is 2.78. The molecule has 1 aromatic carbocycles. The summed E-state index contributed by atoms with van der Waals surface area (Å²) in [5, 5.41) is 10.3. The van der Waals surface area contributed by atoms with Gasteiger partial charge in [0.25, 0.3) is 0 Å². The number of aromatic amines is 1. The molecule has 0 aliphatic rings. The summed E-state index contributed by atoms with van der Waals surface area (Å²) in [4.78, 5) is 15.0. The number of rotatable bonds is 5. The van der Waals surface area contributed by atoms with Crippen molar-refractivity contribution in [3.05, 3.63) is 35.0 Å². The summed E-state index contributed by atoms with van der Waals surface area (Å²) in [5.74, 6) is 0.0330. The summed E-state index contributed by atoms with van der Waals surface area (Å²) in [7, 11) is 0. The first-order valence-corrected chi connectivity index (χ1v) is 6.72. The van der Waals surface area contributed by atoms with Gasteiger partial charge in [-0.2, -0.15) is 0 Å². The van der Waals surface area contributed by atoms with Crippen LogP contribution in [0.2, 0.25) is 0 Å². The highest BCUT2D eigenvalue weighted by molar-refractivity contribution is 6.18. The van der Waals surface area contributed by atoms with Crippen molar-refractivity contribution >= 4 is 28.5 Å². The topological polar surface area (TPSA) is 62.3 Å². The Morgan fingerprint density at radius 2 is 2.26 bits per heavy atom. The number of carbonyl (C=O) groups excluding carboxylic acids is 1. The number of aryl methyl sites for hydroxylation is 1. The molecule has 0 aliphatic heterocycles. The van der Waals surface area contributed by atoms with Gasteiger partial charge >= 0.3 is 5.97 Å². The lowest BCUT2D eigenvalue weighted by Gasteiger charge is -2.02. The van der Waals surface area contributed by atoms with Gasteiger partial charge in [0.15, 0.2) is 0 Å². The number of aliphatic hydroxyl groups excluding tert-OH is 1. The van der Waals surface area contributed by atoms with Crippen molar-refractivity contribution in [1.82, 2.24) is 4.98 Å². The number of aliphatic hydroxyl groups is 1. The van der Waals surface area contributed by atoms with E-state index in [9.17, 15) is 9.90 Å². The minimum Gasteiger partial charge on any atom is -0.461 e. The Morgan fingerprint density at radius 1 is 1.47 bits per heavy atom. The van der Waals surface area contributed by atoms with E-state index in [1.165, 1.54) is 0 Å². The summed E-state index contributed by atoms with van der Waals surface area (Å²) in [6.45, 7) is 2.00. The second kappa shape index (κ2) is 6.08. The van der Waals surface area contributed by atoms with Crippen LogP contribution in [0.15, 0.2) is 18.2 Å².